The van der Waals surface area contributed by atoms with Crippen molar-refractivity contribution >= 4 is 0 Å². The van der Waals surface area contributed by atoms with Crippen LogP contribution in [0, 0.1) is 0 Å². The number of unbranched alkanes of at least 4 members (excludes halogenated alkanes) is 2. The van der Waals surface area contributed by atoms with Crippen molar-refractivity contribution in [2.24, 2.45) is 0 Å². The molecule has 1 aliphatic rings. The van der Waals surface area contributed by atoms with Crippen LogP contribution >= 0.6 is 0 Å². The van der Waals surface area contributed by atoms with Gasteiger partial charge < -0.3 is 0 Å². The maximum Gasteiger partial charge on any atom is 0.0469 e. The van der Waals surface area contributed by atoms with Crippen molar-refractivity contribution < 1.29 is 0 Å². The molecule has 1 aliphatic heterocycles. The number of hydrogen-bond acceptors (Lipinski definition) is 1. The van der Waals surface area contributed by atoms with Gasteiger partial charge in [-0.05, 0) is 51.4 Å². The van der Waals surface area contributed by atoms with Crippen molar-refractivity contribution in [1.82, 2.24) is 4.90 Å². The number of nitrogens with zero attached hydrogens (tertiary/aromatic N) is 1. The summed E-state index contributed by atoms with van der Waals surface area (Å²) in [7, 11) is 0. The third-order valence-corrected chi connectivity index (χ3v) is 5.31. The van der Waals surface area contributed by atoms with Crippen LogP contribution in [0.3, 0.4) is 0 Å². The molecule has 0 saturated heterocycles. The van der Waals surface area contributed by atoms with Crippen molar-refractivity contribution in [3.8, 4) is 0 Å². The molecule has 0 aromatic heterocycles. The molecule has 0 fully saturated rings. The Hall–Kier alpha value is -1.86. The Morgan fingerprint density at radius 1 is 0.769 bits per heavy atom. The molecule has 0 N–H and O–H groups in total. The first-order valence-electron chi connectivity index (χ1n) is 9.79. The van der Waals surface area contributed by atoms with Crippen LogP contribution in [0.4, 0.5) is 0 Å². The van der Waals surface area contributed by atoms with Crippen molar-refractivity contribution in [2.45, 2.75) is 62.4 Å². The van der Waals surface area contributed by atoms with Gasteiger partial charge in [-0.2, -0.15) is 0 Å². The summed E-state index contributed by atoms with van der Waals surface area (Å²) in [6.45, 7) is 20.8. The van der Waals surface area contributed by atoms with E-state index in [0.717, 1.165) is 57.9 Å². The molecule has 0 amide bonds. The first kappa shape index (κ1) is 22.2. The smallest absolute Gasteiger partial charge is 0.0469 e. The summed E-state index contributed by atoms with van der Waals surface area (Å²) in [5.74, 6) is 0. The van der Waals surface area contributed by atoms with Crippen LogP contribution in [0.25, 0.3) is 0 Å². The topological polar surface area (TPSA) is 3.24 Å². The lowest BCUT2D eigenvalue weighted by Crippen LogP contribution is -2.61. The Bertz CT molecular complexity index is 514. The minimum atomic E-state index is -0.0702. The molecule has 0 aromatic carbocycles. The maximum atomic E-state index is 4.03. The Labute approximate surface area is 161 Å². The van der Waals surface area contributed by atoms with Crippen LogP contribution in [0.15, 0.2) is 87.6 Å². The molecular formula is C25H37N. The van der Waals surface area contributed by atoms with Gasteiger partial charge in [0, 0.05) is 17.6 Å². The van der Waals surface area contributed by atoms with E-state index in [1.165, 1.54) is 0 Å². The Morgan fingerprint density at radius 2 is 1.38 bits per heavy atom. The molecule has 1 rings (SSSR count). The molecular weight excluding hydrogens is 314 g/mol. The van der Waals surface area contributed by atoms with Gasteiger partial charge in [0.05, 0.1) is 0 Å². The minimum Gasteiger partial charge on any atom is -0.283 e. The predicted molar refractivity (Wildman–Crippen MR) is 118 cm³/mol. The molecule has 142 valence electrons. The lowest BCUT2D eigenvalue weighted by molar-refractivity contribution is 0.00888. The van der Waals surface area contributed by atoms with E-state index >= 15 is 0 Å². The maximum absolute atomic E-state index is 4.03. The second-order valence-corrected chi connectivity index (χ2v) is 7.21. The third kappa shape index (κ3) is 5.57. The molecule has 0 spiro atoms. The number of allylic oxidation sites excluding steroid dienone is 2. The molecule has 0 aromatic rings. The summed E-state index contributed by atoms with van der Waals surface area (Å²) < 4.78 is 0. The summed E-state index contributed by atoms with van der Waals surface area (Å²) in [6.07, 6.45) is 27.6. The van der Waals surface area contributed by atoms with Crippen LogP contribution in [0.5, 0.6) is 0 Å². The fraction of sp³-hybridized carbons (Fsp3) is 0.440. The van der Waals surface area contributed by atoms with Gasteiger partial charge in [-0.1, -0.05) is 54.7 Å². The fourth-order valence-electron chi connectivity index (χ4n) is 4.17. The summed E-state index contributed by atoms with van der Waals surface area (Å²) in [5, 5.41) is 0. The zero-order chi connectivity index (χ0) is 19.3. The summed E-state index contributed by atoms with van der Waals surface area (Å²) in [4.78, 5) is 2.65. The van der Waals surface area contributed by atoms with Gasteiger partial charge in [0.1, 0.15) is 0 Å². The summed E-state index contributed by atoms with van der Waals surface area (Å²) in [6, 6.07) is 0. The van der Waals surface area contributed by atoms with Gasteiger partial charge in [-0.25, -0.2) is 0 Å². The summed E-state index contributed by atoms with van der Waals surface area (Å²) in [5.41, 5.74) is -0.0467. The van der Waals surface area contributed by atoms with Crippen LogP contribution in [-0.4, -0.2) is 22.5 Å². The average molecular weight is 352 g/mol. The van der Waals surface area contributed by atoms with Crippen molar-refractivity contribution in [2.75, 3.05) is 6.54 Å². The van der Waals surface area contributed by atoms with Crippen LogP contribution in [-0.2, 0) is 0 Å². The van der Waals surface area contributed by atoms with Crippen LogP contribution < -0.4 is 0 Å². The molecule has 1 nitrogen and oxygen atoms in total. The summed E-state index contributed by atoms with van der Waals surface area (Å²) >= 11 is 0. The van der Waals surface area contributed by atoms with Crippen LogP contribution in [0.1, 0.15) is 51.4 Å². The van der Waals surface area contributed by atoms with E-state index in [4.69, 9.17) is 0 Å². The molecule has 26 heavy (non-hydrogen) atoms. The second kappa shape index (κ2) is 11.7. The predicted octanol–water partition coefficient (Wildman–Crippen LogP) is 6.94. The van der Waals surface area contributed by atoms with Crippen molar-refractivity contribution in [3.05, 3.63) is 87.6 Å². The first-order chi connectivity index (χ1) is 12.6. The first-order valence-corrected chi connectivity index (χ1v) is 9.79. The fourth-order valence-corrected chi connectivity index (χ4v) is 4.17. The molecule has 0 atom stereocenters. The third-order valence-electron chi connectivity index (χ3n) is 5.31. The van der Waals surface area contributed by atoms with Crippen LogP contribution in [0.2, 0.25) is 0 Å². The van der Waals surface area contributed by atoms with E-state index in [1.807, 2.05) is 18.2 Å². The highest BCUT2D eigenvalue weighted by Gasteiger charge is 2.46. The lowest BCUT2D eigenvalue weighted by Gasteiger charge is -2.55. The molecule has 1 heterocycles. The largest absolute Gasteiger partial charge is 0.283 e. The zero-order valence-corrected chi connectivity index (χ0v) is 16.5. The quantitative estimate of drug-likeness (QED) is 0.242. The average Bonchev–Trinajstić information content (AvgIpc) is 2.61. The molecule has 0 bridgehead atoms. The molecule has 0 radical (unpaired) electrons. The standard InChI is InChI=1S/C25H37N/c1-6-11-12-13-14-15-23-26-24(17-7-2,18-8-3)21-16-22-25(26,19-9-4)20-10-5/h6-10,14-16,21H,1-5,11-13,17-20,22-23H2. The second-order valence-electron chi connectivity index (χ2n) is 7.21. The normalized spacial score (nSPS) is 18.5. The van der Waals surface area contributed by atoms with Gasteiger partial charge in [-0.3, -0.25) is 4.90 Å². The zero-order valence-electron chi connectivity index (χ0n) is 16.5. The van der Waals surface area contributed by atoms with Crippen molar-refractivity contribution in [1.29, 1.82) is 0 Å². The Kier molecular flexibility index (Phi) is 9.98. The van der Waals surface area contributed by atoms with E-state index in [-0.39, 0.29) is 11.1 Å². The van der Waals surface area contributed by atoms with E-state index in [1.54, 1.807) is 0 Å². The van der Waals surface area contributed by atoms with Gasteiger partial charge in [0.25, 0.3) is 0 Å². The lowest BCUT2D eigenvalue weighted by atomic mass is 9.74. The molecule has 1 heteroatoms. The van der Waals surface area contributed by atoms with E-state index in [9.17, 15) is 0 Å². The van der Waals surface area contributed by atoms with Gasteiger partial charge in [0.15, 0.2) is 0 Å². The molecule has 0 saturated carbocycles. The van der Waals surface area contributed by atoms with E-state index < -0.39 is 0 Å². The monoisotopic (exact) mass is 351 g/mol. The van der Waals surface area contributed by atoms with Gasteiger partial charge in [0.2, 0.25) is 0 Å². The van der Waals surface area contributed by atoms with Gasteiger partial charge in [-0.15, -0.1) is 32.9 Å². The minimum absolute atomic E-state index is 0.0235. The number of hydrogen-bond donors (Lipinski definition) is 0. The highest BCUT2D eigenvalue weighted by Crippen LogP contribution is 2.43. The van der Waals surface area contributed by atoms with Gasteiger partial charge >= 0.3 is 0 Å². The Balaban J connectivity index is 3.18. The highest BCUT2D eigenvalue weighted by molar-refractivity contribution is 5.24. The Morgan fingerprint density at radius 3 is 1.92 bits per heavy atom. The molecule has 0 aliphatic carbocycles. The van der Waals surface area contributed by atoms with E-state index in [2.05, 4.69) is 74.3 Å². The molecule has 0 unspecified atom stereocenters. The number of rotatable bonds is 14. The van der Waals surface area contributed by atoms with E-state index in [0.29, 0.717) is 0 Å². The van der Waals surface area contributed by atoms with Crippen molar-refractivity contribution in [3.63, 3.8) is 0 Å². The highest BCUT2D eigenvalue weighted by atomic mass is 15.3. The SMILES string of the molecule is C=CCCCC=CCN1C(CC=C)(CC=C)C=CCC1(CC=C)CC=C.